The number of aliphatic hydroxyl groups is 1. The molecule has 2 aromatic rings. The number of hydrogen-bond donors (Lipinski definition) is 3. The van der Waals surface area contributed by atoms with Crippen molar-refractivity contribution in [3.63, 3.8) is 0 Å². The van der Waals surface area contributed by atoms with E-state index in [-0.39, 0.29) is 0 Å². The zero-order chi connectivity index (χ0) is 9.97. The van der Waals surface area contributed by atoms with E-state index in [1.54, 1.807) is 12.3 Å². The minimum absolute atomic E-state index is 0.352. The monoisotopic (exact) mass is 191 g/mol. The van der Waals surface area contributed by atoms with Crippen molar-refractivity contribution in [3.8, 4) is 0 Å². The number of aliphatic hydroxyl groups excluding tert-OH is 1. The maximum absolute atomic E-state index is 9.81. The van der Waals surface area contributed by atoms with Gasteiger partial charge in [-0.25, -0.2) is 4.98 Å². The summed E-state index contributed by atoms with van der Waals surface area (Å²) in [5, 5.41) is 16.0. The predicted molar refractivity (Wildman–Crippen MR) is 49.1 cm³/mol. The second-order valence-corrected chi connectivity index (χ2v) is 2.78. The first-order chi connectivity index (χ1) is 6.79. The van der Waals surface area contributed by atoms with Gasteiger partial charge in [0.1, 0.15) is 12.4 Å². The summed E-state index contributed by atoms with van der Waals surface area (Å²) in [6.07, 6.45) is 3.48. The van der Waals surface area contributed by atoms with Crippen LogP contribution in [0.2, 0.25) is 0 Å². The first kappa shape index (κ1) is 8.64. The third kappa shape index (κ3) is 1.42. The maximum Gasteiger partial charge on any atom is 0.157 e. The third-order valence-corrected chi connectivity index (χ3v) is 1.87. The van der Waals surface area contributed by atoms with Crippen LogP contribution in [0.5, 0.6) is 0 Å². The van der Waals surface area contributed by atoms with E-state index < -0.39 is 6.10 Å². The third-order valence-electron chi connectivity index (χ3n) is 1.87. The van der Waals surface area contributed by atoms with Crippen molar-refractivity contribution in [1.82, 2.24) is 20.2 Å². The van der Waals surface area contributed by atoms with Crippen LogP contribution >= 0.6 is 0 Å². The molecule has 1 unspecified atom stereocenters. The number of pyridine rings is 1. The Balaban J connectivity index is 2.37. The molecule has 0 aromatic carbocycles. The number of H-pyrrole nitrogens is 1. The normalized spacial score (nSPS) is 12.6. The molecule has 4 N–H and O–H groups in total. The lowest BCUT2D eigenvalue weighted by atomic mass is 10.1. The Morgan fingerprint density at radius 3 is 3.00 bits per heavy atom. The Morgan fingerprint density at radius 1 is 1.50 bits per heavy atom. The Bertz CT molecular complexity index is 413. The minimum atomic E-state index is -0.911. The van der Waals surface area contributed by atoms with Gasteiger partial charge in [0.2, 0.25) is 0 Å². The van der Waals surface area contributed by atoms with Crippen LogP contribution in [0.4, 0.5) is 5.69 Å². The highest BCUT2D eigenvalue weighted by atomic mass is 16.3. The molecule has 0 bridgehead atoms. The number of hydrogen-bond acceptors (Lipinski definition) is 5. The molecule has 0 saturated heterocycles. The highest BCUT2D eigenvalue weighted by Gasteiger charge is 2.15. The van der Waals surface area contributed by atoms with Gasteiger partial charge in [0, 0.05) is 23.6 Å². The van der Waals surface area contributed by atoms with Crippen molar-refractivity contribution in [2.45, 2.75) is 6.10 Å². The van der Waals surface area contributed by atoms with Gasteiger partial charge in [-0.05, 0) is 6.07 Å². The Hall–Kier alpha value is -1.95. The van der Waals surface area contributed by atoms with E-state index >= 15 is 0 Å². The van der Waals surface area contributed by atoms with Crippen LogP contribution in [0.1, 0.15) is 17.5 Å². The summed E-state index contributed by atoms with van der Waals surface area (Å²) >= 11 is 0. The van der Waals surface area contributed by atoms with Crippen molar-refractivity contribution in [3.05, 3.63) is 36.2 Å². The van der Waals surface area contributed by atoms with Crippen molar-refractivity contribution in [2.24, 2.45) is 0 Å². The maximum atomic E-state index is 9.81. The molecule has 2 rings (SSSR count). The van der Waals surface area contributed by atoms with Crippen molar-refractivity contribution in [1.29, 1.82) is 0 Å². The van der Waals surface area contributed by atoms with E-state index in [0.717, 1.165) is 0 Å². The van der Waals surface area contributed by atoms with Crippen LogP contribution in [0, 0.1) is 0 Å². The Labute approximate surface area is 79.8 Å². The molecule has 2 aromatic heterocycles. The fraction of sp³-hybridized carbons (Fsp3) is 0.125. The topological polar surface area (TPSA) is 101 Å². The molecule has 14 heavy (non-hydrogen) atoms. The summed E-state index contributed by atoms with van der Waals surface area (Å²) in [6.45, 7) is 0. The summed E-state index contributed by atoms with van der Waals surface area (Å²) in [5.74, 6) is 0.352. The van der Waals surface area contributed by atoms with Crippen LogP contribution in [-0.4, -0.2) is 25.3 Å². The largest absolute Gasteiger partial charge is 0.398 e. The molecule has 1 atom stereocenters. The van der Waals surface area contributed by atoms with Crippen molar-refractivity contribution in [2.75, 3.05) is 5.73 Å². The molecule has 0 spiro atoms. The first-order valence-corrected chi connectivity index (χ1v) is 4.01. The molecule has 0 saturated carbocycles. The van der Waals surface area contributed by atoms with Crippen LogP contribution in [0.15, 0.2) is 24.8 Å². The smallest absolute Gasteiger partial charge is 0.157 e. The van der Waals surface area contributed by atoms with Gasteiger partial charge >= 0.3 is 0 Å². The molecule has 0 fully saturated rings. The number of nitrogen functional groups attached to an aromatic ring is 1. The molecule has 0 aliphatic rings. The number of nitrogens with two attached hydrogens (primary N) is 1. The lowest BCUT2D eigenvalue weighted by Crippen LogP contribution is -2.06. The summed E-state index contributed by atoms with van der Waals surface area (Å²) < 4.78 is 0. The van der Waals surface area contributed by atoms with E-state index in [0.29, 0.717) is 17.1 Å². The summed E-state index contributed by atoms with van der Waals surface area (Å²) in [7, 11) is 0. The minimum Gasteiger partial charge on any atom is -0.398 e. The van der Waals surface area contributed by atoms with E-state index in [2.05, 4.69) is 20.2 Å². The fourth-order valence-corrected chi connectivity index (χ4v) is 1.14. The Morgan fingerprint density at radius 2 is 2.36 bits per heavy atom. The van der Waals surface area contributed by atoms with Crippen LogP contribution in [0.3, 0.4) is 0 Å². The predicted octanol–water partition coefficient (Wildman–Crippen LogP) is -0.136. The SMILES string of the molecule is Nc1ccncc1C(O)c1ncn[nH]1. The highest BCUT2D eigenvalue weighted by Crippen LogP contribution is 2.22. The summed E-state index contributed by atoms with van der Waals surface area (Å²) in [5.41, 5.74) is 6.66. The number of nitrogens with one attached hydrogen (secondary N) is 1. The number of nitrogens with zero attached hydrogens (tertiary/aromatic N) is 3. The summed E-state index contributed by atoms with van der Waals surface area (Å²) in [4.78, 5) is 7.71. The van der Waals surface area contributed by atoms with Crippen LogP contribution in [-0.2, 0) is 0 Å². The van der Waals surface area contributed by atoms with E-state index in [1.165, 1.54) is 12.5 Å². The standard InChI is InChI=1S/C8H9N5O/c9-6-1-2-10-3-5(6)7(14)8-11-4-12-13-8/h1-4,7,14H,(H2,9,10)(H,11,12,13). The second kappa shape index (κ2) is 3.43. The fourth-order valence-electron chi connectivity index (χ4n) is 1.14. The van der Waals surface area contributed by atoms with Gasteiger partial charge in [0.05, 0.1) is 0 Å². The van der Waals surface area contributed by atoms with Crippen molar-refractivity contribution >= 4 is 5.69 Å². The number of aromatic nitrogens is 4. The summed E-state index contributed by atoms with van der Waals surface area (Å²) in [6, 6.07) is 1.62. The molecule has 0 radical (unpaired) electrons. The van der Waals surface area contributed by atoms with Crippen molar-refractivity contribution < 1.29 is 5.11 Å². The quantitative estimate of drug-likeness (QED) is 0.613. The number of rotatable bonds is 2. The molecular formula is C8H9N5O. The van der Waals surface area contributed by atoms with Gasteiger partial charge in [-0.3, -0.25) is 10.1 Å². The molecule has 6 nitrogen and oxygen atoms in total. The molecule has 0 amide bonds. The molecule has 6 heteroatoms. The molecule has 72 valence electrons. The number of aromatic amines is 1. The zero-order valence-corrected chi connectivity index (χ0v) is 7.25. The van der Waals surface area contributed by atoms with Gasteiger partial charge in [-0.2, -0.15) is 5.10 Å². The van der Waals surface area contributed by atoms with Gasteiger partial charge < -0.3 is 10.8 Å². The van der Waals surface area contributed by atoms with Crippen LogP contribution in [0.25, 0.3) is 0 Å². The Kier molecular flexibility index (Phi) is 2.11. The van der Waals surface area contributed by atoms with E-state index in [4.69, 9.17) is 5.73 Å². The van der Waals surface area contributed by atoms with Crippen LogP contribution < -0.4 is 5.73 Å². The molecule has 2 heterocycles. The average molecular weight is 191 g/mol. The second-order valence-electron chi connectivity index (χ2n) is 2.78. The highest BCUT2D eigenvalue weighted by molar-refractivity contribution is 5.47. The zero-order valence-electron chi connectivity index (χ0n) is 7.25. The molecule has 0 aliphatic carbocycles. The van der Waals surface area contributed by atoms with Gasteiger partial charge in [-0.15, -0.1) is 0 Å². The van der Waals surface area contributed by atoms with Gasteiger partial charge in [-0.1, -0.05) is 0 Å². The average Bonchev–Trinajstić information content (AvgIpc) is 2.70. The van der Waals surface area contributed by atoms with E-state index in [1.807, 2.05) is 0 Å². The van der Waals surface area contributed by atoms with E-state index in [9.17, 15) is 5.11 Å². The first-order valence-electron chi connectivity index (χ1n) is 4.01. The van der Waals surface area contributed by atoms with Gasteiger partial charge in [0.25, 0.3) is 0 Å². The lowest BCUT2D eigenvalue weighted by Gasteiger charge is -2.09. The lowest BCUT2D eigenvalue weighted by molar-refractivity contribution is 0.210. The molecule has 0 aliphatic heterocycles. The number of anilines is 1. The molecular weight excluding hydrogens is 182 g/mol. The van der Waals surface area contributed by atoms with Gasteiger partial charge in [0.15, 0.2) is 5.82 Å².